The quantitative estimate of drug-likeness (QED) is 0.185. The first-order valence-electron chi connectivity index (χ1n) is 10.2. The van der Waals surface area contributed by atoms with Gasteiger partial charge < -0.3 is 25.0 Å². The van der Waals surface area contributed by atoms with E-state index < -0.39 is 0 Å². The predicted octanol–water partition coefficient (Wildman–Crippen LogP) is 2.64. The fraction of sp³-hybridized carbons (Fsp3) is 0.700. The number of amides is 1. The molecule has 0 bridgehead atoms. The van der Waals surface area contributed by atoms with Gasteiger partial charge in [0.15, 0.2) is 5.96 Å². The Morgan fingerprint density at radius 3 is 2.72 bits per heavy atom. The van der Waals surface area contributed by atoms with Crippen LogP contribution in [0.5, 0.6) is 0 Å². The Morgan fingerprint density at radius 2 is 1.97 bits per heavy atom. The molecule has 7 nitrogen and oxygen atoms in total. The third kappa shape index (κ3) is 10.1. The molecule has 1 aromatic heterocycles. The number of thiophene rings is 1. The molecule has 166 valence electrons. The summed E-state index contributed by atoms with van der Waals surface area (Å²) in [5, 5.41) is 8.50. The summed E-state index contributed by atoms with van der Waals surface area (Å²) in [6, 6.07) is 2.13. The van der Waals surface area contributed by atoms with E-state index in [9.17, 15) is 4.79 Å². The van der Waals surface area contributed by atoms with Crippen LogP contribution in [0, 0.1) is 0 Å². The molecule has 0 aliphatic carbocycles. The lowest BCUT2D eigenvalue weighted by atomic mass is 10.1. The first-order valence-corrected chi connectivity index (χ1v) is 11.1. The number of carbonyl (C=O) groups excluding carboxylic acids is 1. The van der Waals surface area contributed by atoms with E-state index >= 15 is 0 Å². The lowest BCUT2D eigenvalue weighted by molar-refractivity contribution is -0.131. The zero-order valence-corrected chi connectivity index (χ0v) is 20.7. The fourth-order valence-corrected chi connectivity index (χ4v) is 3.83. The summed E-state index contributed by atoms with van der Waals surface area (Å²) in [7, 11) is 1.72. The molecule has 0 unspecified atom stereocenters. The molecule has 0 fully saturated rings. The van der Waals surface area contributed by atoms with Crippen molar-refractivity contribution in [1.29, 1.82) is 0 Å². The second-order valence-electron chi connectivity index (χ2n) is 6.69. The molecule has 29 heavy (non-hydrogen) atoms. The minimum Gasteiger partial charge on any atom is -0.379 e. The summed E-state index contributed by atoms with van der Waals surface area (Å²) >= 11 is 1.79. The van der Waals surface area contributed by atoms with Gasteiger partial charge in [-0.1, -0.05) is 13.3 Å². The van der Waals surface area contributed by atoms with Crippen LogP contribution in [0.1, 0.15) is 36.6 Å². The van der Waals surface area contributed by atoms with Gasteiger partial charge in [0.2, 0.25) is 5.91 Å². The molecule has 0 saturated heterocycles. The summed E-state index contributed by atoms with van der Waals surface area (Å²) in [6.07, 6.45) is 3.68. The lowest BCUT2D eigenvalue weighted by Gasteiger charge is -2.27. The normalized spacial score (nSPS) is 13.6. The smallest absolute Gasteiger partial charge is 0.224 e. The zero-order chi connectivity index (χ0) is 20.0. The number of ether oxygens (including phenoxy) is 2. The molecule has 2 heterocycles. The molecule has 1 aliphatic heterocycles. The molecule has 0 atom stereocenters. The van der Waals surface area contributed by atoms with Gasteiger partial charge in [-0.3, -0.25) is 9.79 Å². The van der Waals surface area contributed by atoms with E-state index in [0.29, 0.717) is 45.3 Å². The van der Waals surface area contributed by atoms with Crippen molar-refractivity contribution in [3.63, 3.8) is 0 Å². The van der Waals surface area contributed by atoms with Crippen LogP contribution >= 0.6 is 35.3 Å². The van der Waals surface area contributed by atoms with E-state index in [-0.39, 0.29) is 29.9 Å². The van der Waals surface area contributed by atoms with Crippen molar-refractivity contribution in [2.45, 2.75) is 39.2 Å². The van der Waals surface area contributed by atoms with Crippen LogP contribution in [-0.2, 0) is 27.2 Å². The van der Waals surface area contributed by atoms with E-state index in [2.05, 4.69) is 34.0 Å². The van der Waals surface area contributed by atoms with Gasteiger partial charge in [0.1, 0.15) is 0 Å². The third-order valence-corrected chi connectivity index (χ3v) is 5.59. The van der Waals surface area contributed by atoms with Crippen LogP contribution in [0.4, 0.5) is 0 Å². The lowest BCUT2D eigenvalue weighted by Crippen LogP contribution is -2.42. The minimum atomic E-state index is 0. The molecule has 2 N–H and O–H groups in total. The van der Waals surface area contributed by atoms with Gasteiger partial charge in [-0.25, -0.2) is 0 Å². The number of nitrogens with zero attached hydrogens (tertiary/aromatic N) is 2. The summed E-state index contributed by atoms with van der Waals surface area (Å²) < 4.78 is 11.0. The first kappa shape index (κ1) is 26.1. The maximum Gasteiger partial charge on any atom is 0.224 e. The number of fused-ring (bicyclic) bond motifs is 1. The SMILES string of the molecule is CCCCOCCOCCNC(=NC)NCCC(=O)N1CCc2sccc2C1.I. The van der Waals surface area contributed by atoms with Crippen molar-refractivity contribution in [1.82, 2.24) is 15.5 Å². The maximum absolute atomic E-state index is 12.4. The Hall–Kier alpha value is -0.910. The number of nitrogens with one attached hydrogen (secondary N) is 2. The number of hydrogen-bond donors (Lipinski definition) is 2. The first-order chi connectivity index (χ1) is 13.7. The molecule has 1 amide bonds. The highest BCUT2D eigenvalue weighted by Crippen LogP contribution is 2.24. The number of guanidine groups is 1. The van der Waals surface area contributed by atoms with Gasteiger partial charge in [-0.15, -0.1) is 35.3 Å². The minimum absolute atomic E-state index is 0. The number of rotatable bonds is 12. The predicted molar refractivity (Wildman–Crippen MR) is 129 cm³/mol. The Labute approximate surface area is 195 Å². The monoisotopic (exact) mass is 538 g/mol. The Balaban J connectivity index is 0.00000420. The van der Waals surface area contributed by atoms with Crippen molar-refractivity contribution >= 4 is 47.2 Å². The molecular formula is C20H35IN4O3S. The Kier molecular flexibility index (Phi) is 14.3. The molecule has 0 radical (unpaired) electrons. The van der Waals surface area contributed by atoms with E-state index in [1.807, 2.05) is 4.90 Å². The van der Waals surface area contributed by atoms with Crippen molar-refractivity contribution in [2.75, 3.05) is 53.1 Å². The third-order valence-electron chi connectivity index (χ3n) is 4.57. The highest BCUT2D eigenvalue weighted by Gasteiger charge is 2.20. The van der Waals surface area contributed by atoms with Crippen LogP contribution in [0.3, 0.4) is 0 Å². The highest BCUT2D eigenvalue weighted by atomic mass is 127. The second kappa shape index (κ2) is 15.9. The average Bonchev–Trinajstić information content (AvgIpc) is 3.19. The second-order valence-corrected chi connectivity index (χ2v) is 7.69. The fourth-order valence-electron chi connectivity index (χ4n) is 2.94. The van der Waals surface area contributed by atoms with Crippen LogP contribution in [0.2, 0.25) is 0 Å². The number of halogens is 1. The summed E-state index contributed by atoms with van der Waals surface area (Å²) in [5.74, 6) is 0.876. The van der Waals surface area contributed by atoms with E-state index in [1.54, 1.807) is 18.4 Å². The maximum atomic E-state index is 12.4. The van der Waals surface area contributed by atoms with Gasteiger partial charge in [0.05, 0.1) is 19.8 Å². The van der Waals surface area contributed by atoms with Crippen molar-refractivity contribution in [3.05, 3.63) is 21.9 Å². The number of aliphatic imine (C=N–C) groups is 1. The van der Waals surface area contributed by atoms with Crippen molar-refractivity contribution < 1.29 is 14.3 Å². The van der Waals surface area contributed by atoms with Crippen molar-refractivity contribution in [2.24, 2.45) is 4.99 Å². The molecule has 1 aliphatic rings. The average molecular weight is 538 g/mol. The van der Waals surface area contributed by atoms with Crippen molar-refractivity contribution in [3.8, 4) is 0 Å². The Bertz CT molecular complexity index is 612. The standard InChI is InChI=1S/C20H34N4O3S.HI/c1-3-4-11-26-13-14-27-12-9-23-20(21-2)22-8-5-19(25)24-10-6-18-17(16-24)7-15-28-18;/h7,15H,3-6,8-14,16H2,1-2H3,(H2,21,22,23);1H. The molecule has 2 rings (SSSR count). The van der Waals surface area contributed by atoms with E-state index in [1.165, 1.54) is 10.4 Å². The zero-order valence-electron chi connectivity index (χ0n) is 17.6. The largest absolute Gasteiger partial charge is 0.379 e. The van der Waals surface area contributed by atoms with Crippen LogP contribution in [0.15, 0.2) is 16.4 Å². The molecule has 1 aromatic rings. The summed E-state index contributed by atoms with van der Waals surface area (Å²) in [6.45, 7) is 7.57. The number of carbonyl (C=O) groups is 1. The Morgan fingerprint density at radius 1 is 1.21 bits per heavy atom. The summed E-state index contributed by atoms with van der Waals surface area (Å²) in [4.78, 5) is 20.0. The van der Waals surface area contributed by atoms with Gasteiger partial charge in [-0.05, 0) is 29.9 Å². The van der Waals surface area contributed by atoms with Crippen LogP contribution < -0.4 is 10.6 Å². The van der Waals surface area contributed by atoms with E-state index in [4.69, 9.17) is 9.47 Å². The number of unbranched alkanes of at least 4 members (excludes halogenated alkanes) is 1. The van der Waals surface area contributed by atoms with Gasteiger partial charge in [-0.2, -0.15) is 0 Å². The molecule has 0 aromatic carbocycles. The highest BCUT2D eigenvalue weighted by molar-refractivity contribution is 14.0. The van der Waals surface area contributed by atoms with Gasteiger partial charge in [0, 0.05) is 51.1 Å². The molecular weight excluding hydrogens is 503 g/mol. The van der Waals surface area contributed by atoms with Crippen LogP contribution in [-0.4, -0.2) is 69.9 Å². The molecule has 0 spiro atoms. The number of hydrogen-bond acceptors (Lipinski definition) is 5. The molecule has 9 heteroatoms. The topological polar surface area (TPSA) is 75.2 Å². The summed E-state index contributed by atoms with van der Waals surface area (Å²) in [5.41, 5.74) is 1.30. The molecule has 0 saturated carbocycles. The van der Waals surface area contributed by atoms with Crippen LogP contribution in [0.25, 0.3) is 0 Å². The van der Waals surface area contributed by atoms with Gasteiger partial charge in [0.25, 0.3) is 0 Å². The van der Waals surface area contributed by atoms with Gasteiger partial charge >= 0.3 is 0 Å². The van der Waals surface area contributed by atoms with E-state index in [0.717, 1.165) is 39.0 Å².